The minimum absolute atomic E-state index is 0.951. The fourth-order valence-corrected chi connectivity index (χ4v) is 6.72. The van der Waals surface area contributed by atoms with E-state index >= 15 is 0 Å². The highest BCUT2D eigenvalue weighted by Gasteiger charge is 2.19. The lowest BCUT2D eigenvalue weighted by molar-refractivity contribution is 1.15. The van der Waals surface area contributed by atoms with Crippen LogP contribution in [-0.4, -0.2) is 14.1 Å². The van der Waals surface area contributed by atoms with Gasteiger partial charge in [0, 0.05) is 38.4 Å². The zero-order valence-electron chi connectivity index (χ0n) is 23.9. The third kappa shape index (κ3) is 3.80. The molecule has 3 aromatic heterocycles. The summed E-state index contributed by atoms with van der Waals surface area (Å²) in [7, 11) is 0. The number of rotatable bonds is 4. The minimum Gasteiger partial charge on any atom is -0.309 e. The van der Waals surface area contributed by atoms with Crippen LogP contribution in [-0.2, 0) is 0 Å². The molecule has 0 bridgehead atoms. The van der Waals surface area contributed by atoms with Crippen molar-refractivity contribution in [2.45, 2.75) is 0 Å². The number of fused-ring (bicyclic) bond motifs is 6. The molecule has 0 unspecified atom stereocenters. The maximum Gasteiger partial charge on any atom is 0.0730 e. The lowest BCUT2D eigenvalue weighted by Crippen LogP contribution is -1.99. The SMILES string of the molecule is c1ccc(-c2cc(-n3c4ccccc4c4cc5c6ccccc6n(-c6ccccc6)c5cc43)cc(-c3ccccc3)n2)cc1. The number of pyridine rings is 1. The van der Waals surface area contributed by atoms with Gasteiger partial charge in [0.1, 0.15) is 0 Å². The van der Waals surface area contributed by atoms with Gasteiger partial charge in [-0.25, -0.2) is 4.98 Å². The molecule has 3 nitrogen and oxygen atoms in total. The van der Waals surface area contributed by atoms with E-state index < -0.39 is 0 Å². The Morgan fingerprint density at radius 2 is 0.750 bits per heavy atom. The predicted molar refractivity (Wildman–Crippen MR) is 184 cm³/mol. The summed E-state index contributed by atoms with van der Waals surface area (Å²) < 4.78 is 4.81. The maximum atomic E-state index is 5.16. The number of para-hydroxylation sites is 3. The fraction of sp³-hybridized carbons (Fsp3) is 0. The minimum atomic E-state index is 0.951. The third-order valence-corrected chi connectivity index (χ3v) is 8.69. The van der Waals surface area contributed by atoms with Crippen molar-refractivity contribution < 1.29 is 0 Å². The summed E-state index contributed by atoms with van der Waals surface area (Å²) in [5.41, 5.74) is 11.1. The molecule has 0 spiro atoms. The Morgan fingerprint density at radius 1 is 0.318 bits per heavy atom. The van der Waals surface area contributed by atoms with Crippen molar-refractivity contribution in [1.82, 2.24) is 14.1 Å². The van der Waals surface area contributed by atoms with E-state index in [0.717, 1.165) is 33.9 Å². The van der Waals surface area contributed by atoms with Crippen molar-refractivity contribution >= 4 is 43.6 Å². The van der Waals surface area contributed by atoms with E-state index in [2.05, 4.69) is 173 Å². The fourth-order valence-electron chi connectivity index (χ4n) is 6.72. The normalized spacial score (nSPS) is 11.6. The molecule has 0 atom stereocenters. The molecule has 0 N–H and O–H groups in total. The van der Waals surface area contributed by atoms with Gasteiger partial charge < -0.3 is 9.13 Å². The number of aromatic nitrogens is 3. The summed E-state index contributed by atoms with van der Waals surface area (Å²) in [6.45, 7) is 0. The van der Waals surface area contributed by atoms with Crippen molar-refractivity contribution in [1.29, 1.82) is 0 Å². The Morgan fingerprint density at radius 3 is 1.27 bits per heavy atom. The van der Waals surface area contributed by atoms with Gasteiger partial charge in [-0.1, -0.05) is 115 Å². The average molecular weight is 562 g/mol. The van der Waals surface area contributed by atoms with E-state index in [4.69, 9.17) is 4.98 Å². The molecule has 9 rings (SSSR count). The van der Waals surface area contributed by atoms with Gasteiger partial charge in [-0.2, -0.15) is 0 Å². The molecular weight excluding hydrogens is 534 g/mol. The van der Waals surface area contributed by atoms with Crippen LogP contribution in [0.4, 0.5) is 0 Å². The molecule has 0 fully saturated rings. The first-order valence-electron chi connectivity index (χ1n) is 15.0. The lowest BCUT2D eigenvalue weighted by atomic mass is 10.1. The van der Waals surface area contributed by atoms with Crippen LogP contribution in [0.2, 0.25) is 0 Å². The number of benzene rings is 6. The van der Waals surface area contributed by atoms with E-state index in [1.54, 1.807) is 0 Å². The molecule has 3 heterocycles. The highest BCUT2D eigenvalue weighted by molar-refractivity contribution is 6.19. The van der Waals surface area contributed by atoms with Crippen LogP contribution in [0.15, 0.2) is 164 Å². The van der Waals surface area contributed by atoms with Gasteiger partial charge in [0.25, 0.3) is 0 Å². The van der Waals surface area contributed by atoms with Crippen LogP contribution in [0.3, 0.4) is 0 Å². The second kappa shape index (κ2) is 9.82. The van der Waals surface area contributed by atoms with Crippen molar-refractivity contribution in [2.75, 3.05) is 0 Å². The molecule has 206 valence electrons. The Balaban J connectivity index is 1.41. The first-order chi connectivity index (χ1) is 21.8. The molecule has 0 aliphatic rings. The van der Waals surface area contributed by atoms with E-state index in [1.807, 2.05) is 0 Å². The first kappa shape index (κ1) is 24.6. The molecule has 44 heavy (non-hydrogen) atoms. The van der Waals surface area contributed by atoms with Crippen LogP contribution in [0.5, 0.6) is 0 Å². The molecule has 0 radical (unpaired) electrons. The lowest BCUT2D eigenvalue weighted by Gasteiger charge is -2.13. The summed E-state index contributed by atoms with van der Waals surface area (Å²) in [5, 5.41) is 4.99. The highest BCUT2D eigenvalue weighted by atomic mass is 15.0. The molecule has 3 heteroatoms. The standard InChI is InChI=1S/C41H27N3/c1-4-14-28(15-5-1)36-24-31(25-37(42-36)29-16-6-2-7-17-29)44-39-23-13-11-21-33(39)35-26-34-32-20-10-12-22-38(32)43(40(34)27-41(35)44)30-18-8-3-9-19-30/h1-27H. The Labute approximate surface area is 254 Å². The second-order valence-corrected chi connectivity index (χ2v) is 11.3. The monoisotopic (exact) mass is 561 g/mol. The molecule has 0 saturated carbocycles. The number of hydrogen-bond donors (Lipinski definition) is 0. The van der Waals surface area contributed by atoms with Crippen LogP contribution in [0.1, 0.15) is 0 Å². The van der Waals surface area contributed by atoms with Crippen molar-refractivity contribution in [3.63, 3.8) is 0 Å². The maximum absolute atomic E-state index is 5.16. The Hall–Kier alpha value is -5.93. The van der Waals surface area contributed by atoms with Crippen molar-refractivity contribution in [3.8, 4) is 33.9 Å². The predicted octanol–water partition coefficient (Wildman–Crippen LogP) is 10.6. The molecule has 0 saturated heterocycles. The second-order valence-electron chi connectivity index (χ2n) is 11.3. The van der Waals surface area contributed by atoms with E-state index in [9.17, 15) is 0 Å². The van der Waals surface area contributed by atoms with Crippen LogP contribution >= 0.6 is 0 Å². The van der Waals surface area contributed by atoms with Gasteiger partial charge in [-0.3, -0.25) is 0 Å². The molecule has 9 aromatic rings. The third-order valence-electron chi connectivity index (χ3n) is 8.69. The van der Waals surface area contributed by atoms with Gasteiger partial charge >= 0.3 is 0 Å². The topological polar surface area (TPSA) is 22.8 Å². The smallest absolute Gasteiger partial charge is 0.0730 e. The molecule has 0 amide bonds. The van der Waals surface area contributed by atoms with Crippen molar-refractivity contribution in [2.24, 2.45) is 0 Å². The number of nitrogens with zero attached hydrogens (tertiary/aromatic N) is 3. The average Bonchev–Trinajstić information content (AvgIpc) is 3.60. The van der Waals surface area contributed by atoms with Crippen molar-refractivity contribution in [3.05, 3.63) is 164 Å². The summed E-state index contributed by atoms with van der Waals surface area (Å²) in [4.78, 5) is 5.16. The summed E-state index contributed by atoms with van der Waals surface area (Å²) >= 11 is 0. The largest absolute Gasteiger partial charge is 0.309 e. The quantitative estimate of drug-likeness (QED) is 0.210. The summed E-state index contributed by atoms with van der Waals surface area (Å²) in [5.74, 6) is 0. The summed E-state index contributed by atoms with van der Waals surface area (Å²) in [6.07, 6.45) is 0. The van der Waals surface area contributed by atoms with Crippen LogP contribution < -0.4 is 0 Å². The Kier molecular flexibility index (Phi) is 5.50. The van der Waals surface area contributed by atoms with Gasteiger partial charge in [0.05, 0.1) is 39.1 Å². The van der Waals surface area contributed by atoms with E-state index in [-0.39, 0.29) is 0 Å². The zero-order chi connectivity index (χ0) is 29.0. The molecular formula is C41H27N3. The zero-order valence-corrected chi connectivity index (χ0v) is 23.9. The van der Waals surface area contributed by atoms with Gasteiger partial charge in [0.15, 0.2) is 0 Å². The van der Waals surface area contributed by atoms with Gasteiger partial charge in [-0.05, 0) is 48.5 Å². The Bertz CT molecular complexity index is 2410. The van der Waals surface area contributed by atoms with Crippen LogP contribution in [0.25, 0.3) is 77.5 Å². The molecule has 0 aliphatic carbocycles. The molecule has 6 aromatic carbocycles. The highest BCUT2D eigenvalue weighted by Crippen LogP contribution is 2.40. The summed E-state index contributed by atoms with van der Waals surface area (Å²) in [6, 6.07) is 58.3. The number of hydrogen-bond acceptors (Lipinski definition) is 1. The van der Waals surface area contributed by atoms with E-state index in [1.165, 1.54) is 43.6 Å². The van der Waals surface area contributed by atoms with Crippen LogP contribution in [0, 0.1) is 0 Å². The van der Waals surface area contributed by atoms with Gasteiger partial charge in [0.2, 0.25) is 0 Å². The first-order valence-corrected chi connectivity index (χ1v) is 15.0. The van der Waals surface area contributed by atoms with Gasteiger partial charge in [-0.15, -0.1) is 0 Å². The molecule has 0 aliphatic heterocycles. The van der Waals surface area contributed by atoms with E-state index in [0.29, 0.717) is 0 Å².